The quantitative estimate of drug-likeness (QED) is 0.671. The van der Waals surface area contributed by atoms with Crippen LogP contribution in [-0.4, -0.2) is 9.98 Å². The van der Waals surface area contributed by atoms with Crippen molar-refractivity contribution in [1.29, 1.82) is 0 Å². The van der Waals surface area contributed by atoms with Crippen molar-refractivity contribution < 1.29 is 0 Å². The monoisotopic (exact) mass is 196 g/mol. The first-order valence-corrected chi connectivity index (χ1v) is 4.17. The van der Waals surface area contributed by atoms with Crippen LogP contribution in [0.4, 0.5) is 5.69 Å². The Morgan fingerprint density at radius 2 is 1.75 bits per heavy atom. The van der Waals surface area contributed by atoms with Crippen LogP contribution in [0.2, 0.25) is 0 Å². The average Bonchev–Trinajstić information content (AvgIpc) is 2.06. The van der Waals surface area contributed by atoms with Gasteiger partial charge in [-0.3, -0.25) is 0 Å². The molecule has 0 aromatic heterocycles. The summed E-state index contributed by atoms with van der Waals surface area (Å²) in [5, 5.41) is 2.91. The fourth-order valence-corrected chi connectivity index (χ4v) is 0.883. The molecule has 0 aliphatic carbocycles. The van der Waals surface area contributed by atoms with Gasteiger partial charge in [-0.05, 0) is 12.1 Å². The number of benzene rings is 1. The van der Waals surface area contributed by atoms with E-state index in [2.05, 4.69) is 5.32 Å². The molecule has 1 aromatic carbocycles. The fraction of sp³-hybridized carbons (Fsp3) is 0. The molecule has 0 bridgehead atoms. The molecule has 0 heterocycles. The first-order chi connectivity index (χ1) is 5.70. The van der Waals surface area contributed by atoms with E-state index in [0.717, 1.165) is 5.69 Å². The van der Waals surface area contributed by atoms with Crippen LogP contribution in [0.15, 0.2) is 30.3 Å². The molecule has 0 unspecified atom stereocenters. The summed E-state index contributed by atoms with van der Waals surface area (Å²) in [7, 11) is 0. The first-order valence-electron chi connectivity index (χ1n) is 3.36. The van der Waals surface area contributed by atoms with Crippen LogP contribution in [0.3, 0.4) is 0 Å². The molecule has 0 aliphatic heterocycles. The summed E-state index contributed by atoms with van der Waals surface area (Å²) in [5.74, 6) is 0. The molecule has 0 fully saturated rings. The van der Waals surface area contributed by atoms with E-state index in [0.29, 0.717) is 4.99 Å². The predicted octanol–water partition coefficient (Wildman–Crippen LogP) is 1.71. The highest BCUT2D eigenvalue weighted by Gasteiger charge is 1.98. The van der Waals surface area contributed by atoms with Gasteiger partial charge in [0.15, 0.2) is 0 Å². The van der Waals surface area contributed by atoms with Crippen LogP contribution in [0.25, 0.3) is 0 Å². The molecule has 0 aliphatic rings. The van der Waals surface area contributed by atoms with Gasteiger partial charge in [0.05, 0.1) is 0 Å². The minimum atomic E-state index is 0.217. The molecule has 0 saturated heterocycles. The molecule has 0 radical (unpaired) electrons. The van der Waals surface area contributed by atoms with Crippen LogP contribution in [0.1, 0.15) is 0 Å². The molecule has 4 heteroatoms. The zero-order chi connectivity index (χ0) is 8.97. The third-order valence-electron chi connectivity index (χ3n) is 1.26. The van der Waals surface area contributed by atoms with Crippen LogP contribution >= 0.6 is 24.4 Å². The Labute approximate surface area is 81.8 Å². The van der Waals surface area contributed by atoms with Gasteiger partial charge in [0.2, 0.25) is 0 Å². The Kier molecular flexibility index (Phi) is 3.13. The molecule has 2 nitrogen and oxygen atoms in total. The number of para-hydroxylation sites is 1. The zero-order valence-electron chi connectivity index (χ0n) is 6.28. The van der Waals surface area contributed by atoms with E-state index in [-0.39, 0.29) is 4.99 Å². The molecule has 0 spiro atoms. The predicted molar refractivity (Wildman–Crippen MR) is 59.4 cm³/mol. The lowest BCUT2D eigenvalue weighted by Gasteiger charge is -2.04. The van der Waals surface area contributed by atoms with Gasteiger partial charge in [-0.2, -0.15) is 0 Å². The van der Waals surface area contributed by atoms with Gasteiger partial charge in [0.1, 0.15) is 9.98 Å². The molecule has 1 aromatic rings. The average molecular weight is 196 g/mol. The van der Waals surface area contributed by atoms with Gasteiger partial charge in [0, 0.05) is 5.69 Å². The highest BCUT2D eigenvalue weighted by molar-refractivity contribution is 7.89. The van der Waals surface area contributed by atoms with E-state index in [9.17, 15) is 0 Å². The lowest BCUT2D eigenvalue weighted by molar-refractivity contribution is 1.65. The smallest absolute Gasteiger partial charge is 0.138 e. The van der Waals surface area contributed by atoms with E-state index < -0.39 is 0 Å². The lowest BCUT2D eigenvalue weighted by atomic mass is 10.3. The van der Waals surface area contributed by atoms with Crippen molar-refractivity contribution in [3.05, 3.63) is 30.3 Å². The topological polar surface area (TPSA) is 38.0 Å². The molecule has 0 amide bonds. The third kappa shape index (κ3) is 2.56. The van der Waals surface area contributed by atoms with E-state index >= 15 is 0 Å². The maximum Gasteiger partial charge on any atom is 0.138 e. The lowest BCUT2D eigenvalue weighted by Crippen LogP contribution is -2.25. The number of anilines is 1. The Morgan fingerprint density at radius 1 is 1.17 bits per heavy atom. The standard InChI is InChI=1S/C8H8N2S2/c9-7(11)8(12)10-6-4-2-1-3-5-6/h1-5H,(H2,9,11)(H,10,12). The second-order valence-electron chi connectivity index (χ2n) is 2.18. The SMILES string of the molecule is NC(=S)C(=S)Nc1ccccc1. The molecular formula is C8H8N2S2. The van der Waals surface area contributed by atoms with Gasteiger partial charge in [-0.15, -0.1) is 0 Å². The summed E-state index contributed by atoms with van der Waals surface area (Å²) in [6, 6.07) is 9.53. The van der Waals surface area contributed by atoms with Gasteiger partial charge in [-0.1, -0.05) is 42.6 Å². The second-order valence-corrected chi connectivity index (χ2v) is 3.03. The highest BCUT2D eigenvalue weighted by atomic mass is 32.1. The van der Waals surface area contributed by atoms with E-state index in [4.69, 9.17) is 30.2 Å². The molecule has 3 N–H and O–H groups in total. The second kappa shape index (κ2) is 4.13. The number of rotatable bonds is 1. The number of nitrogens with two attached hydrogens (primary N) is 1. The Balaban J connectivity index is 2.65. The molecule has 12 heavy (non-hydrogen) atoms. The molecule has 62 valence electrons. The number of thiocarbonyl (C=S) groups is 2. The minimum absolute atomic E-state index is 0.217. The molecule has 0 saturated carbocycles. The maximum atomic E-state index is 5.31. The van der Waals surface area contributed by atoms with Crippen LogP contribution in [-0.2, 0) is 0 Å². The van der Waals surface area contributed by atoms with Gasteiger partial charge < -0.3 is 11.1 Å². The summed E-state index contributed by atoms with van der Waals surface area (Å²) in [5.41, 5.74) is 6.21. The van der Waals surface area contributed by atoms with Crippen molar-refractivity contribution in [2.24, 2.45) is 5.73 Å². The number of nitrogens with one attached hydrogen (secondary N) is 1. The number of hydrogen-bond acceptors (Lipinski definition) is 2. The number of hydrogen-bond donors (Lipinski definition) is 2. The molecular weight excluding hydrogens is 188 g/mol. The van der Waals surface area contributed by atoms with Crippen molar-refractivity contribution in [2.45, 2.75) is 0 Å². The Hall–Kier alpha value is -1.00. The van der Waals surface area contributed by atoms with E-state index in [1.165, 1.54) is 0 Å². The Morgan fingerprint density at radius 3 is 2.25 bits per heavy atom. The van der Waals surface area contributed by atoms with E-state index in [1.807, 2.05) is 30.3 Å². The fourth-order valence-electron chi connectivity index (χ4n) is 0.714. The van der Waals surface area contributed by atoms with Crippen molar-refractivity contribution >= 4 is 40.1 Å². The highest BCUT2D eigenvalue weighted by Crippen LogP contribution is 2.04. The molecule has 0 atom stereocenters. The summed E-state index contributed by atoms with van der Waals surface area (Å²) in [4.78, 5) is 0.616. The summed E-state index contributed by atoms with van der Waals surface area (Å²) in [6.45, 7) is 0. The summed E-state index contributed by atoms with van der Waals surface area (Å²) < 4.78 is 0. The minimum Gasteiger partial charge on any atom is -0.388 e. The van der Waals surface area contributed by atoms with Gasteiger partial charge in [0.25, 0.3) is 0 Å². The van der Waals surface area contributed by atoms with Crippen molar-refractivity contribution in [2.75, 3.05) is 5.32 Å². The molecule has 1 rings (SSSR count). The van der Waals surface area contributed by atoms with Crippen LogP contribution in [0, 0.1) is 0 Å². The van der Waals surface area contributed by atoms with Crippen LogP contribution < -0.4 is 11.1 Å². The van der Waals surface area contributed by atoms with Crippen molar-refractivity contribution in [1.82, 2.24) is 0 Å². The summed E-state index contributed by atoms with van der Waals surface area (Å²) in [6.07, 6.45) is 0. The van der Waals surface area contributed by atoms with Crippen LogP contribution in [0.5, 0.6) is 0 Å². The Bertz CT molecular complexity index is 295. The largest absolute Gasteiger partial charge is 0.388 e. The van der Waals surface area contributed by atoms with Gasteiger partial charge >= 0.3 is 0 Å². The zero-order valence-corrected chi connectivity index (χ0v) is 7.91. The normalized spacial score (nSPS) is 9.00. The van der Waals surface area contributed by atoms with Gasteiger partial charge in [-0.25, -0.2) is 0 Å². The summed E-state index contributed by atoms with van der Waals surface area (Å²) >= 11 is 9.57. The third-order valence-corrected chi connectivity index (χ3v) is 1.91. The first kappa shape index (κ1) is 9.09. The van der Waals surface area contributed by atoms with E-state index in [1.54, 1.807) is 0 Å². The maximum absolute atomic E-state index is 5.31. The van der Waals surface area contributed by atoms with Crippen molar-refractivity contribution in [3.63, 3.8) is 0 Å². The van der Waals surface area contributed by atoms with Crippen molar-refractivity contribution in [3.8, 4) is 0 Å².